The van der Waals surface area contributed by atoms with Crippen molar-refractivity contribution >= 4 is 23.6 Å². The fourth-order valence-electron chi connectivity index (χ4n) is 3.73. The quantitative estimate of drug-likeness (QED) is 0.316. The first kappa shape index (κ1) is 32.2. The lowest BCUT2D eigenvalue weighted by atomic mass is 9.84. The van der Waals surface area contributed by atoms with Gasteiger partial charge in [-0.2, -0.15) is 0 Å². The molecule has 0 heterocycles. The zero-order chi connectivity index (χ0) is 29.0. The molecule has 0 aliphatic carbocycles. The zero-order valence-corrected chi connectivity index (χ0v) is 23.7. The van der Waals surface area contributed by atoms with Crippen LogP contribution in [0, 0.1) is 36.5 Å². The summed E-state index contributed by atoms with van der Waals surface area (Å²) in [6.07, 6.45) is 11.3. The topological polar surface area (TPSA) is 116 Å². The Hall–Kier alpha value is -3.78. The standard InChI is InChI=1S/C30H42N4O4/c1-10-12-31-28(37)24(14-19(3)4)33-26(35)21-16-22(18-23(17-21)30(7,8)9)27(36)34-25(15-20(5)6)29(38)32-13-11-2/h1-2,16-20,24-25H,12-15H2,3-9H3,(H,31,37)(H,32,38)(H,33,35)(H,34,36)/t24-,25-/m0/s1. The van der Waals surface area contributed by atoms with Gasteiger partial charge in [-0.1, -0.05) is 60.3 Å². The van der Waals surface area contributed by atoms with Crippen LogP contribution in [0.3, 0.4) is 0 Å². The van der Waals surface area contributed by atoms with Gasteiger partial charge in [0.15, 0.2) is 0 Å². The fraction of sp³-hybridized carbons (Fsp3) is 0.533. The molecule has 0 bridgehead atoms. The van der Waals surface area contributed by atoms with Crippen LogP contribution in [0.2, 0.25) is 0 Å². The van der Waals surface area contributed by atoms with Crippen molar-refractivity contribution in [2.45, 2.75) is 78.8 Å². The average Bonchev–Trinajstić information content (AvgIpc) is 2.83. The average molecular weight is 523 g/mol. The maximum absolute atomic E-state index is 13.3. The molecule has 8 heteroatoms. The van der Waals surface area contributed by atoms with E-state index in [1.807, 2.05) is 48.5 Å². The minimum absolute atomic E-state index is 0.0552. The highest BCUT2D eigenvalue weighted by Crippen LogP contribution is 2.25. The van der Waals surface area contributed by atoms with Gasteiger partial charge in [0.1, 0.15) is 12.1 Å². The number of hydrogen-bond donors (Lipinski definition) is 4. The molecule has 0 saturated carbocycles. The smallest absolute Gasteiger partial charge is 0.251 e. The van der Waals surface area contributed by atoms with Crippen LogP contribution >= 0.6 is 0 Å². The Bertz CT molecular complexity index is 1010. The molecule has 1 aromatic carbocycles. The summed E-state index contributed by atoms with van der Waals surface area (Å²) in [6.45, 7) is 13.8. The summed E-state index contributed by atoms with van der Waals surface area (Å²) in [4.78, 5) is 51.9. The summed E-state index contributed by atoms with van der Waals surface area (Å²) in [5, 5.41) is 10.8. The predicted octanol–water partition coefficient (Wildman–Crippen LogP) is 2.77. The minimum Gasteiger partial charge on any atom is -0.343 e. The van der Waals surface area contributed by atoms with Crippen LogP contribution in [-0.4, -0.2) is 48.8 Å². The van der Waals surface area contributed by atoms with E-state index in [0.29, 0.717) is 12.8 Å². The number of benzene rings is 1. The summed E-state index contributed by atoms with van der Waals surface area (Å²) in [5.41, 5.74) is 0.843. The van der Waals surface area contributed by atoms with Crippen LogP contribution in [0.5, 0.6) is 0 Å². The number of carbonyl (C=O) groups is 4. The molecule has 1 aromatic rings. The maximum atomic E-state index is 13.3. The van der Waals surface area contributed by atoms with E-state index in [1.54, 1.807) is 12.1 Å². The molecule has 0 saturated heterocycles. The molecule has 0 aromatic heterocycles. The fourth-order valence-corrected chi connectivity index (χ4v) is 3.73. The van der Waals surface area contributed by atoms with E-state index in [0.717, 1.165) is 5.56 Å². The van der Waals surface area contributed by atoms with Gasteiger partial charge in [0.2, 0.25) is 11.8 Å². The molecular formula is C30H42N4O4. The van der Waals surface area contributed by atoms with Crippen LogP contribution in [0.15, 0.2) is 18.2 Å². The first-order valence-electron chi connectivity index (χ1n) is 12.9. The van der Waals surface area contributed by atoms with E-state index in [-0.39, 0.29) is 53.3 Å². The summed E-state index contributed by atoms with van der Waals surface area (Å²) < 4.78 is 0. The molecule has 206 valence electrons. The molecule has 4 N–H and O–H groups in total. The van der Waals surface area contributed by atoms with Crippen molar-refractivity contribution < 1.29 is 19.2 Å². The molecule has 0 aliphatic heterocycles. The van der Waals surface area contributed by atoms with Gasteiger partial charge in [-0.15, -0.1) is 12.8 Å². The van der Waals surface area contributed by atoms with Crippen LogP contribution in [0.25, 0.3) is 0 Å². The SMILES string of the molecule is C#CCNC(=O)[C@H](CC(C)C)NC(=O)c1cc(C(=O)N[C@@H](CC(C)C)C(=O)NCC#C)cc(C(C)(C)C)c1. The van der Waals surface area contributed by atoms with E-state index in [9.17, 15) is 19.2 Å². The third-order valence-electron chi connectivity index (χ3n) is 5.71. The number of hydrogen-bond acceptors (Lipinski definition) is 4. The predicted molar refractivity (Wildman–Crippen MR) is 150 cm³/mol. The minimum atomic E-state index is -0.790. The van der Waals surface area contributed by atoms with Gasteiger partial charge in [0.05, 0.1) is 13.1 Å². The molecule has 38 heavy (non-hydrogen) atoms. The molecule has 8 nitrogen and oxygen atoms in total. The highest BCUT2D eigenvalue weighted by molar-refractivity contribution is 6.02. The first-order chi connectivity index (χ1) is 17.7. The molecule has 1 rings (SSSR count). The van der Waals surface area contributed by atoms with Gasteiger partial charge < -0.3 is 21.3 Å². The largest absolute Gasteiger partial charge is 0.343 e. The number of nitrogens with one attached hydrogen (secondary N) is 4. The number of rotatable bonds is 12. The van der Waals surface area contributed by atoms with Gasteiger partial charge in [0, 0.05) is 11.1 Å². The van der Waals surface area contributed by atoms with Crippen molar-refractivity contribution in [3.05, 3.63) is 34.9 Å². The van der Waals surface area contributed by atoms with E-state index in [1.165, 1.54) is 6.07 Å². The van der Waals surface area contributed by atoms with Gasteiger partial charge in [0.25, 0.3) is 11.8 Å². The molecule has 2 atom stereocenters. The third kappa shape index (κ3) is 10.7. The van der Waals surface area contributed by atoms with Crippen molar-refractivity contribution in [1.29, 1.82) is 0 Å². The second kappa shape index (κ2) is 14.8. The summed E-state index contributed by atoms with van der Waals surface area (Å²) in [6, 6.07) is 3.31. The van der Waals surface area contributed by atoms with E-state index in [4.69, 9.17) is 12.8 Å². The highest BCUT2D eigenvalue weighted by Gasteiger charge is 2.26. The Morgan fingerprint density at radius 1 is 0.737 bits per heavy atom. The van der Waals surface area contributed by atoms with E-state index < -0.39 is 23.9 Å². The van der Waals surface area contributed by atoms with Crippen molar-refractivity contribution in [3.8, 4) is 24.7 Å². The zero-order valence-electron chi connectivity index (χ0n) is 23.7. The monoisotopic (exact) mass is 522 g/mol. The Morgan fingerprint density at radius 3 is 1.39 bits per heavy atom. The Kier molecular flexibility index (Phi) is 12.6. The lowest BCUT2D eigenvalue weighted by Crippen LogP contribution is -2.48. The third-order valence-corrected chi connectivity index (χ3v) is 5.71. The van der Waals surface area contributed by atoms with Gasteiger partial charge in [-0.05, 0) is 53.9 Å². The number of carbonyl (C=O) groups excluding carboxylic acids is 4. The van der Waals surface area contributed by atoms with Crippen LogP contribution in [-0.2, 0) is 15.0 Å². The van der Waals surface area contributed by atoms with Crippen LogP contribution in [0.4, 0.5) is 0 Å². The lowest BCUT2D eigenvalue weighted by Gasteiger charge is -2.24. The molecule has 0 spiro atoms. The molecular weight excluding hydrogens is 480 g/mol. The maximum Gasteiger partial charge on any atom is 0.251 e. The second-order valence-corrected chi connectivity index (χ2v) is 11.2. The van der Waals surface area contributed by atoms with Crippen molar-refractivity contribution in [3.63, 3.8) is 0 Å². The molecule has 0 radical (unpaired) electrons. The summed E-state index contributed by atoms with van der Waals surface area (Å²) >= 11 is 0. The Morgan fingerprint density at radius 2 is 1.11 bits per heavy atom. The van der Waals surface area contributed by atoms with Crippen molar-refractivity contribution in [1.82, 2.24) is 21.3 Å². The number of amides is 4. The van der Waals surface area contributed by atoms with Gasteiger partial charge >= 0.3 is 0 Å². The Balaban J connectivity index is 3.35. The first-order valence-corrected chi connectivity index (χ1v) is 12.9. The lowest BCUT2D eigenvalue weighted by molar-refractivity contribution is -0.123. The summed E-state index contributed by atoms with van der Waals surface area (Å²) in [7, 11) is 0. The van der Waals surface area contributed by atoms with Gasteiger partial charge in [-0.3, -0.25) is 19.2 Å². The van der Waals surface area contributed by atoms with E-state index >= 15 is 0 Å². The molecule has 4 amide bonds. The van der Waals surface area contributed by atoms with Crippen molar-refractivity contribution in [2.24, 2.45) is 11.8 Å². The summed E-state index contributed by atoms with van der Waals surface area (Å²) in [5.74, 6) is 3.26. The number of terminal acetylenes is 2. The molecule has 0 fully saturated rings. The van der Waals surface area contributed by atoms with Crippen molar-refractivity contribution in [2.75, 3.05) is 13.1 Å². The normalized spacial score (nSPS) is 12.6. The highest BCUT2D eigenvalue weighted by atomic mass is 16.2. The van der Waals surface area contributed by atoms with E-state index in [2.05, 4.69) is 33.1 Å². The van der Waals surface area contributed by atoms with Crippen LogP contribution < -0.4 is 21.3 Å². The Labute approximate surface area is 227 Å². The van der Waals surface area contributed by atoms with Crippen LogP contribution in [0.1, 0.15) is 87.6 Å². The van der Waals surface area contributed by atoms with Gasteiger partial charge in [-0.25, -0.2) is 0 Å². The second-order valence-electron chi connectivity index (χ2n) is 11.2. The molecule has 0 aliphatic rings. The molecule has 0 unspecified atom stereocenters.